The number of methoxy groups -OCH3 is 1. The fraction of sp³-hybridized carbons (Fsp3) is 0.185. The number of amides is 2. The van der Waals surface area contributed by atoms with E-state index in [0.29, 0.717) is 33.8 Å². The lowest BCUT2D eigenvalue weighted by molar-refractivity contribution is -0.142. The van der Waals surface area contributed by atoms with Gasteiger partial charge in [-0.3, -0.25) is 9.59 Å². The third-order valence-electron chi connectivity index (χ3n) is 6.12. The van der Waals surface area contributed by atoms with Crippen molar-refractivity contribution in [3.05, 3.63) is 87.7 Å². The molecule has 0 saturated carbocycles. The second-order valence-corrected chi connectivity index (χ2v) is 8.48. The van der Waals surface area contributed by atoms with Crippen molar-refractivity contribution in [3.8, 4) is 0 Å². The van der Waals surface area contributed by atoms with Gasteiger partial charge in [0.2, 0.25) is 0 Å². The maximum Gasteiger partial charge on any atom is 0.335 e. The Kier molecular flexibility index (Phi) is 6.73. The number of H-pyrrole nitrogens is 1. The van der Waals surface area contributed by atoms with Crippen LogP contribution in [-0.4, -0.2) is 47.0 Å². The van der Waals surface area contributed by atoms with Crippen molar-refractivity contribution in [2.75, 3.05) is 12.4 Å². The predicted octanol–water partition coefficient (Wildman–Crippen LogP) is 3.34. The van der Waals surface area contributed by atoms with Crippen molar-refractivity contribution >= 4 is 41.1 Å². The van der Waals surface area contributed by atoms with E-state index in [2.05, 4.69) is 15.6 Å². The van der Waals surface area contributed by atoms with Crippen molar-refractivity contribution < 1.29 is 29.0 Å². The van der Waals surface area contributed by atoms with Gasteiger partial charge in [0.05, 0.1) is 23.8 Å². The normalized spacial score (nSPS) is 14.2. The average molecular weight is 488 g/mol. The molecule has 0 radical (unpaired) electrons. The van der Waals surface area contributed by atoms with Crippen LogP contribution in [0.2, 0.25) is 0 Å². The standard InChI is InChI=1S/C27H25N3O6/c1-14-21(13-19-18-12-17(26(33)34)9-10-20(18)29-24(19)31)28-15(2)23(14)25(32)30-22(27(35)36-3)11-16-7-5-4-6-8-16/h4-10,12-13,22,28H,11H2,1-3H3,(H,29,31)(H,30,32)(H,33,34)/t22-/m0/s1. The molecule has 2 amide bonds. The number of anilines is 1. The van der Waals surface area contributed by atoms with Crippen molar-refractivity contribution in [2.24, 2.45) is 0 Å². The van der Waals surface area contributed by atoms with E-state index in [-0.39, 0.29) is 23.5 Å². The second kappa shape index (κ2) is 9.91. The van der Waals surface area contributed by atoms with Gasteiger partial charge < -0.3 is 25.5 Å². The van der Waals surface area contributed by atoms with Gasteiger partial charge in [-0.2, -0.15) is 0 Å². The number of esters is 1. The van der Waals surface area contributed by atoms with Crippen molar-refractivity contribution in [3.63, 3.8) is 0 Å². The summed E-state index contributed by atoms with van der Waals surface area (Å²) in [5, 5.41) is 14.8. The molecule has 0 bridgehead atoms. The Morgan fingerprint density at radius 2 is 1.83 bits per heavy atom. The summed E-state index contributed by atoms with van der Waals surface area (Å²) in [7, 11) is 1.27. The number of carbonyl (C=O) groups excluding carboxylic acids is 3. The molecule has 0 unspecified atom stereocenters. The molecule has 1 atom stereocenters. The maximum absolute atomic E-state index is 13.2. The van der Waals surface area contributed by atoms with Gasteiger partial charge in [-0.15, -0.1) is 0 Å². The first-order valence-electron chi connectivity index (χ1n) is 11.2. The smallest absolute Gasteiger partial charge is 0.335 e. The molecular weight excluding hydrogens is 462 g/mol. The van der Waals surface area contributed by atoms with Gasteiger partial charge in [-0.25, -0.2) is 9.59 Å². The molecule has 184 valence electrons. The Morgan fingerprint density at radius 1 is 1.11 bits per heavy atom. The van der Waals surface area contributed by atoms with Crippen LogP contribution in [0.15, 0.2) is 48.5 Å². The largest absolute Gasteiger partial charge is 0.478 e. The van der Waals surface area contributed by atoms with Gasteiger partial charge in [-0.05, 0) is 49.2 Å². The minimum absolute atomic E-state index is 0.0582. The summed E-state index contributed by atoms with van der Waals surface area (Å²) in [4.78, 5) is 52.7. The molecule has 4 rings (SSSR count). The van der Waals surface area contributed by atoms with E-state index >= 15 is 0 Å². The van der Waals surface area contributed by atoms with Gasteiger partial charge in [0.1, 0.15) is 6.04 Å². The number of hydrogen-bond donors (Lipinski definition) is 4. The van der Waals surface area contributed by atoms with Crippen LogP contribution in [0.4, 0.5) is 5.69 Å². The van der Waals surface area contributed by atoms with Crippen LogP contribution in [0.1, 0.15) is 48.8 Å². The molecule has 0 aliphatic carbocycles. The van der Waals surface area contributed by atoms with E-state index in [1.54, 1.807) is 26.0 Å². The highest BCUT2D eigenvalue weighted by molar-refractivity contribution is 6.35. The SMILES string of the molecule is COC(=O)[C@H](Cc1ccccc1)NC(=O)c1c(C)[nH]c(C=C2C(=O)Nc3ccc(C(=O)O)cc32)c1C. The van der Waals surface area contributed by atoms with Crippen molar-refractivity contribution in [1.29, 1.82) is 0 Å². The number of carboxylic acids is 1. The molecule has 3 aromatic rings. The fourth-order valence-electron chi connectivity index (χ4n) is 4.28. The number of fused-ring (bicyclic) bond motifs is 1. The predicted molar refractivity (Wildman–Crippen MR) is 134 cm³/mol. The third-order valence-corrected chi connectivity index (χ3v) is 6.12. The summed E-state index contributed by atoms with van der Waals surface area (Å²) in [5.74, 6) is -2.49. The van der Waals surface area contributed by atoms with E-state index < -0.39 is 23.9 Å². The average Bonchev–Trinajstić information content (AvgIpc) is 3.32. The van der Waals surface area contributed by atoms with E-state index in [1.165, 1.54) is 19.2 Å². The Hall–Kier alpha value is -4.66. The first-order chi connectivity index (χ1) is 17.2. The zero-order valence-corrected chi connectivity index (χ0v) is 20.0. The zero-order valence-electron chi connectivity index (χ0n) is 20.0. The topological polar surface area (TPSA) is 138 Å². The molecule has 0 saturated heterocycles. The van der Waals surface area contributed by atoms with E-state index in [0.717, 1.165) is 5.56 Å². The lowest BCUT2D eigenvalue weighted by Gasteiger charge is -2.17. The van der Waals surface area contributed by atoms with Crippen LogP contribution in [0, 0.1) is 13.8 Å². The molecule has 0 fully saturated rings. The fourth-order valence-corrected chi connectivity index (χ4v) is 4.28. The number of aromatic amines is 1. The highest BCUT2D eigenvalue weighted by atomic mass is 16.5. The number of aryl methyl sites for hydroxylation is 1. The number of rotatable bonds is 7. The molecule has 1 aromatic heterocycles. The zero-order chi connectivity index (χ0) is 26.0. The minimum Gasteiger partial charge on any atom is -0.478 e. The summed E-state index contributed by atoms with van der Waals surface area (Å²) in [6.45, 7) is 3.45. The van der Waals surface area contributed by atoms with Crippen molar-refractivity contribution in [2.45, 2.75) is 26.3 Å². The maximum atomic E-state index is 13.2. The summed E-state index contributed by atoms with van der Waals surface area (Å²) >= 11 is 0. The number of nitrogens with one attached hydrogen (secondary N) is 3. The van der Waals surface area contributed by atoms with Gasteiger partial charge in [0.25, 0.3) is 11.8 Å². The molecular formula is C27H25N3O6. The number of aromatic carboxylic acids is 1. The molecule has 9 nitrogen and oxygen atoms in total. The Balaban J connectivity index is 1.64. The van der Waals surface area contributed by atoms with Gasteiger partial charge >= 0.3 is 11.9 Å². The highest BCUT2D eigenvalue weighted by Gasteiger charge is 2.28. The summed E-state index contributed by atoms with van der Waals surface area (Å²) in [5.41, 5.74) is 4.19. The monoisotopic (exact) mass is 487 g/mol. The van der Waals surface area contributed by atoms with Crippen LogP contribution in [0.5, 0.6) is 0 Å². The minimum atomic E-state index is -1.10. The summed E-state index contributed by atoms with van der Waals surface area (Å²) < 4.78 is 4.89. The number of hydrogen-bond acceptors (Lipinski definition) is 5. The lowest BCUT2D eigenvalue weighted by Crippen LogP contribution is -2.43. The van der Waals surface area contributed by atoms with E-state index in [4.69, 9.17) is 4.74 Å². The molecule has 4 N–H and O–H groups in total. The molecule has 1 aliphatic heterocycles. The van der Waals surface area contributed by atoms with Crippen LogP contribution in [0.25, 0.3) is 11.6 Å². The Morgan fingerprint density at radius 3 is 2.50 bits per heavy atom. The first-order valence-corrected chi connectivity index (χ1v) is 11.2. The number of aromatic nitrogens is 1. The summed E-state index contributed by atoms with van der Waals surface area (Å²) in [6, 6.07) is 12.8. The number of benzene rings is 2. The Bertz CT molecular complexity index is 1400. The van der Waals surface area contributed by atoms with Gasteiger partial charge in [-0.1, -0.05) is 30.3 Å². The molecule has 9 heteroatoms. The highest BCUT2D eigenvalue weighted by Crippen LogP contribution is 2.34. The van der Waals surface area contributed by atoms with Gasteiger partial charge in [0, 0.05) is 29.1 Å². The lowest BCUT2D eigenvalue weighted by atomic mass is 10.0. The van der Waals surface area contributed by atoms with E-state index in [9.17, 15) is 24.3 Å². The molecule has 0 spiro atoms. The summed E-state index contributed by atoms with van der Waals surface area (Å²) in [6.07, 6.45) is 1.86. The van der Waals surface area contributed by atoms with Crippen molar-refractivity contribution in [1.82, 2.24) is 10.3 Å². The number of ether oxygens (including phenoxy) is 1. The number of carboxylic acid groups (broad SMARTS) is 1. The third kappa shape index (κ3) is 4.76. The second-order valence-electron chi connectivity index (χ2n) is 8.48. The molecule has 2 heterocycles. The quantitative estimate of drug-likeness (QED) is 0.298. The number of carbonyl (C=O) groups is 4. The first kappa shape index (κ1) is 24.5. The van der Waals surface area contributed by atoms with Crippen LogP contribution < -0.4 is 10.6 Å². The Labute approximate surface area is 207 Å². The molecule has 36 heavy (non-hydrogen) atoms. The van der Waals surface area contributed by atoms with Crippen LogP contribution in [-0.2, 0) is 20.7 Å². The van der Waals surface area contributed by atoms with Gasteiger partial charge in [0.15, 0.2) is 0 Å². The molecule has 1 aliphatic rings. The molecule has 2 aromatic carbocycles. The van der Waals surface area contributed by atoms with Crippen LogP contribution >= 0.6 is 0 Å². The van der Waals surface area contributed by atoms with E-state index in [1.807, 2.05) is 30.3 Å². The van der Waals surface area contributed by atoms with Crippen LogP contribution in [0.3, 0.4) is 0 Å².